The lowest BCUT2D eigenvalue weighted by molar-refractivity contribution is 0.0586. The van der Waals surface area contributed by atoms with Gasteiger partial charge < -0.3 is 5.73 Å². The molecular formula is C12H24N2S. The molecule has 0 aromatic carbocycles. The molecule has 2 N–H and O–H groups in total. The van der Waals surface area contributed by atoms with Crippen molar-refractivity contribution in [2.45, 2.75) is 44.2 Å². The Morgan fingerprint density at radius 2 is 2.27 bits per heavy atom. The van der Waals surface area contributed by atoms with Crippen molar-refractivity contribution in [3.05, 3.63) is 0 Å². The SMILES string of the molecule is CC1CCCC1(CN)N(C)C1CCSC1. The van der Waals surface area contributed by atoms with Crippen LogP contribution < -0.4 is 5.73 Å². The summed E-state index contributed by atoms with van der Waals surface area (Å²) in [7, 11) is 2.31. The average Bonchev–Trinajstić information content (AvgIpc) is 2.86. The molecule has 0 spiro atoms. The normalized spacial score (nSPS) is 41.6. The molecule has 1 aliphatic heterocycles. The molecule has 2 aliphatic rings. The van der Waals surface area contributed by atoms with E-state index in [4.69, 9.17) is 5.73 Å². The van der Waals surface area contributed by atoms with E-state index in [0.717, 1.165) is 18.5 Å². The third-order valence-electron chi connectivity index (χ3n) is 4.67. The number of nitrogens with zero attached hydrogens (tertiary/aromatic N) is 1. The molecule has 15 heavy (non-hydrogen) atoms. The molecule has 1 heterocycles. The molecule has 1 saturated carbocycles. The second-order valence-electron chi connectivity index (χ2n) is 5.23. The predicted molar refractivity (Wildman–Crippen MR) is 68.3 cm³/mol. The van der Waals surface area contributed by atoms with Crippen LogP contribution in [0.4, 0.5) is 0 Å². The largest absolute Gasteiger partial charge is 0.329 e. The van der Waals surface area contributed by atoms with Gasteiger partial charge in [0.2, 0.25) is 0 Å². The minimum absolute atomic E-state index is 0.315. The summed E-state index contributed by atoms with van der Waals surface area (Å²) in [5.74, 6) is 3.42. The van der Waals surface area contributed by atoms with E-state index in [1.54, 1.807) is 0 Å². The molecule has 3 unspecified atom stereocenters. The Balaban J connectivity index is 2.10. The fourth-order valence-corrected chi connectivity index (χ4v) is 4.66. The third kappa shape index (κ3) is 1.94. The zero-order valence-electron chi connectivity index (χ0n) is 10.0. The fourth-order valence-electron chi connectivity index (χ4n) is 3.39. The number of nitrogens with two attached hydrogens (primary N) is 1. The van der Waals surface area contributed by atoms with E-state index in [0.29, 0.717) is 5.54 Å². The second kappa shape index (κ2) is 4.64. The maximum Gasteiger partial charge on any atom is 0.0357 e. The van der Waals surface area contributed by atoms with Gasteiger partial charge in [-0.15, -0.1) is 0 Å². The van der Waals surface area contributed by atoms with Gasteiger partial charge in [0, 0.05) is 23.9 Å². The first-order valence-electron chi connectivity index (χ1n) is 6.21. The molecular weight excluding hydrogens is 204 g/mol. The molecule has 0 aromatic rings. The van der Waals surface area contributed by atoms with Crippen molar-refractivity contribution >= 4 is 11.8 Å². The third-order valence-corrected chi connectivity index (χ3v) is 5.82. The Labute approximate surface area is 98.0 Å². The lowest BCUT2D eigenvalue weighted by Crippen LogP contribution is -2.57. The summed E-state index contributed by atoms with van der Waals surface area (Å²) in [4.78, 5) is 2.63. The van der Waals surface area contributed by atoms with Gasteiger partial charge in [-0.3, -0.25) is 4.90 Å². The maximum atomic E-state index is 6.08. The van der Waals surface area contributed by atoms with Crippen LogP contribution in [-0.2, 0) is 0 Å². The Hall–Kier alpha value is 0.270. The highest BCUT2D eigenvalue weighted by atomic mass is 32.2. The monoisotopic (exact) mass is 228 g/mol. The highest BCUT2D eigenvalue weighted by Gasteiger charge is 2.45. The predicted octanol–water partition coefficient (Wildman–Crippen LogP) is 1.94. The highest BCUT2D eigenvalue weighted by Crippen LogP contribution is 2.41. The number of rotatable bonds is 3. The maximum absolute atomic E-state index is 6.08. The first-order valence-corrected chi connectivity index (χ1v) is 7.37. The van der Waals surface area contributed by atoms with Gasteiger partial charge in [-0.05, 0) is 38.0 Å². The number of thioether (sulfide) groups is 1. The summed E-state index contributed by atoms with van der Waals surface area (Å²) >= 11 is 2.10. The Bertz CT molecular complexity index is 216. The van der Waals surface area contributed by atoms with Crippen LogP contribution in [0.5, 0.6) is 0 Å². The lowest BCUT2D eigenvalue weighted by Gasteiger charge is -2.45. The summed E-state index contributed by atoms with van der Waals surface area (Å²) in [5, 5.41) is 0. The first-order chi connectivity index (χ1) is 7.20. The van der Waals surface area contributed by atoms with Crippen LogP contribution in [0.25, 0.3) is 0 Å². The zero-order chi connectivity index (χ0) is 10.9. The van der Waals surface area contributed by atoms with Crippen molar-refractivity contribution < 1.29 is 0 Å². The van der Waals surface area contributed by atoms with Gasteiger partial charge in [-0.2, -0.15) is 11.8 Å². The van der Waals surface area contributed by atoms with Crippen LogP contribution in [0.1, 0.15) is 32.6 Å². The van der Waals surface area contributed by atoms with Crippen molar-refractivity contribution in [1.29, 1.82) is 0 Å². The molecule has 0 aromatic heterocycles. The Morgan fingerprint density at radius 3 is 2.73 bits per heavy atom. The fraction of sp³-hybridized carbons (Fsp3) is 1.00. The minimum atomic E-state index is 0.315. The molecule has 1 aliphatic carbocycles. The van der Waals surface area contributed by atoms with Gasteiger partial charge >= 0.3 is 0 Å². The van der Waals surface area contributed by atoms with E-state index in [2.05, 4.69) is 30.6 Å². The van der Waals surface area contributed by atoms with Crippen LogP contribution in [0.15, 0.2) is 0 Å². The zero-order valence-corrected chi connectivity index (χ0v) is 10.9. The molecule has 1 saturated heterocycles. The van der Waals surface area contributed by atoms with Gasteiger partial charge in [-0.1, -0.05) is 13.3 Å². The molecule has 0 amide bonds. The van der Waals surface area contributed by atoms with Crippen LogP contribution >= 0.6 is 11.8 Å². The van der Waals surface area contributed by atoms with Gasteiger partial charge in [0.1, 0.15) is 0 Å². The molecule has 88 valence electrons. The highest BCUT2D eigenvalue weighted by molar-refractivity contribution is 7.99. The Kier molecular flexibility index (Phi) is 3.63. The molecule has 3 heteroatoms. The topological polar surface area (TPSA) is 29.3 Å². The molecule has 2 rings (SSSR count). The molecule has 2 nitrogen and oxygen atoms in total. The van der Waals surface area contributed by atoms with E-state index in [1.807, 2.05) is 0 Å². The van der Waals surface area contributed by atoms with Crippen LogP contribution in [0, 0.1) is 5.92 Å². The van der Waals surface area contributed by atoms with Crippen LogP contribution in [0.2, 0.25) is 0 Å². The summed E-state index contributed by atoms with van der Waals surface area (Å²) in [6.45, 7) is 3.23. The van der Waals surface area contributed by atoms with Gasteiger partial charge in [-0.25, -0.2) is 0 Å². The smallest absolute Gasteiger partial charge is 0.0357 e. The quantitative estimate of drug-likeness (QED) is 0.800. The standard InChI is InChI=1S/C12H24N2S/c1-10-4-3-6-12(10,9-13)14(2)11-5-7-15-8-11/h10-11H,3-9,13H2,1-2H3. The average molecular weight is 228 g/mol. The van der Waals surface area contributed by atoms with Gasteiger partial charge in [0.15, 0.2) is 0 Å². The van der Waals surface area contributed by atoms with Crippen LogP contribution in [0.3, 0.4) is 0 Å². The van der Waals surface area contributed by atoms with E-state index in [-0.39, 0.29) is 0 Å². The van der Waals surface area contributed by atoms with Crippen molar-refractivity contribution in [2.24, 2.45) is 11.7 Å². The van der Waals surface area contributed by atoms with E-state index in [1.165, 1.54) is 37.2 Å². The van der Waals surface area contributed by atoms with Gasteiger partial charge in [0.05, 0.1) is 0 Å². The van der Waals surface area contributed by atoms with Crippen molar-refractivity contribution in [3.63, 3.8) is 0 Å². The minimum Gasteiger partial charge on any atom is -0.329 e. The summed E-state index contributed by atoms with van der Waals surface area (Å²) in [5.41, 5.74) is 6.39. The van der Waals surface area contributed by atoms with Gasteiger partial charge in [0.25, 0.3) is 0 Å². The van der Waals surface area contributed by atoms with E-state index >= 15 is 0 Å². The second-order valence-corrected chi connectivity index (χ2v) is 6.38. The molecule has 0 bridgehead atoms. The lowest BCUT2D eigenvalue weighted by atomic mass is 9.85. The number of likely N-dealkylation sites (N-methyl/N-ethyl adjacent to an activating group) is 1. The summed E-state index contributed by atoms with van der Waals surface area (Å²) in [6, 6.07) is 0.777. The molecule has 0 radical (unpaired) electrons. The summed E-state index contributed by atoms with van der Waals surface area (Å²) < 4.78 is 0. The number of hydrogen-bond acceptors (Lipinski definition) is 3. The van der Waals surface area contributed by atoms with E-state index in [9.17, 15) is 0 Å². The van der Waals surface area contributed by atoms with Crippen molar-refractivity contribution in [3.8, 4) is 0 Å². The molecule has 3 atom stereocenters. The first kappa shape index (κ1) is 11.7. The van der Waals surface area contributed by atoms with E-state index < -0.39 is 0 Å². The Morgan fingerprint density at radius 1 is 1.47 bits per heavy atom. The number of hydrogen-bond donors (Lipinski definition) is 1. The summed E-state index contributed by atoms with van der Waals surface area (Å²) in [6.07, 6.45) is 5.39. The molecule has 2 fully saturated rings. The van der Waals surface area contributed by atoms with Crippen molar-refractivity contribution in [1.82, 2.24) is 4.90 Å². The van der Waals surface area contributed by atoms with Crippen molar-refractivity contribution in [2.75, 3.05) is 25.1 Å². The van der Waals surface area contributed by atoms with Crippen LogP contribution in [-0.4, -0.2) is 41.6 Å².